The molecular weight excluding hydrogens is 368 g/mol. The van der Waals surface area contributed by atoms with Crippen molar-refractivity contribution in [3.8, 4) is 6.07 Å². The summed E-state index contributed by atoms with van der Waals surface area (Å²) in [5.74, 6) is -2.41. The Morgan fingerprint density at radius 1 is 1.22 bits per heavy atom. The van der Waals surface area contributed by atoms with E-state index in [1.54, 1.807) is 11.4 Å². The van der Waals surface area contributed by atoms with Crippen LogP contribution in [0.3, 0.4) is 0 Å². The Balaban J connectivity index is 2.17. The molecule has 1 heterocycles. The van der Waals surface area contributed by atoms with E-state index in [1.807, 2.05) is 0 Å². The van der Waals surface area contributed by atoms with Gasteiger partial charge < -0.3 is 15.2 Å². The highest BCUT2D eigenvalue weighted by molar-refractivity contribution is 6.05. The number of hydrogen-bond donors (Lipinski definition) is 2. The molecule has 0 saturated heterocycles. The number of nitrogens with zero attached hydrogens (tertiary/aromatic N) is 2. The van der Waals surface area contributed by atoms with E-state index in [0.717, 1.165) is 25.1 Å². The molecule has 0 spiro atoms. The number of hydrogen-bond acceptors (Lipinski definition) is 3. The zero-order chi connectivity index (χ0) is 20.4. The number of carbonyl (C=O) groups excluding carboxylic acids is 2. The van der Waals surface area contributed by atoms with Gasteiger partial charge >= 0.3 is 6.18 Å². The van der Waals surface area contributed by atoms with Crippen LogP contribution < -0.4 is 10.6 Å². The van der Waals surface area contributed by atoms with Crippen LogP contribution in [0.4, 0.5) is 23.2 Å². The number of nitrogens with one attached hydrogen (secondary N) is 2. The molecule has 0 aliphatic carbocycles. The second kappa shape index (κ2) is 7.49. The number of aromatic nitrogens is 1. The van der Waals surface area contributed by atoms with Gasteiger partial charge in [-0.1, -0.05) is 0 Å². The molecule has 27 heavy (non-hydrogen) atoms. The Hall–Kier alpha value is -3.35. The van der Waals surface area contributed by atoms with Crippen LogP contribution >= 0.6 is 0 Å². The van der Waals surface area contributed by atoms with Gasteiger partial charge in [-0.2, -0.15) is 18.4 Å². The Morgan fingerprint density at radius 3 is 2.48 bits per heavy atom. The molecule has 0 bridgehead atoms. The second-order valence-corrected chi connectivity index (χ2v) is 5.72. The van der Waals surface area contributed by atoms with Gasteiger partial charge in [0.05, 0.1) is 11.1 Å². The normalized spacial score (nSPS) is 12.2. The Bertz CT molecular complexity index is 928. The molecule has 0 unspecified atom stereocenters. The van der Waals surface area contributed by atoms with Gasteiger partial charge in [0.1, 0.15) is 23.6 Å². The van der Waals surface area contributed by atoms with Gasteiger partial charge in [0.15, 0.2) is 0 Å². The lowest BCUT2D eigenvalue weighted by Crippen LogP contribution is -2.42. The summed E-state index contributed by atoms with van der Waals surface area (Å²) in [4.78, 5) is 24.3. The van der Waals surface area contributed by atoms with Gasteiger partial charge in [-0.3, -0.25) is 9.59 Å². The lowest BCUT2D eigenvalue weighted by Gasteiger charge is -2.16. The van der Waals surface area contributed by atoms with Crippen molar-refractivity contribution < 1.29 is 27.2 Å². The van der Waals surface area contributed by atoms with Gasteiger partial charge in [-0.05, 0) is 31.2 Å². The minimum atomic E-state index is -4.59. The van der Waals surface area contributed by atoms with Crippen molar-refractivity contribution in [2.75, 3.05) is 5.32 Å². The van der Waals surface area contributed by atoms with E-state index < -0.39 is 29.8 Å². The Morgan fingerprint density at radius 2 is 1.89 bits per heavy atom. The fourth-order valence-electron chi connectivity index (χ4n) is 2.16. The van der Waals surface area contributed by atoms with E-state index in [1.165, 1.54) is 23.9 Å². The summed E-state index contributed by atoms with van der Waals surface area (Å²) in [6.07, 6.45) is -3.38. The molecule has 0 fully saturated rings. The lowest BCUT2D eigenvalue weighted by atomic mass is 10.2. The maximum atomic E-state index is 13.3. The highest BCUT2D eigenvalue weighted by atomic mass is 19.4. The first-order valence-corrected chi connectivity index (χ1v) is 7.58. The van der Waals surface area contributed by atoms with Crippen LogP contribution in [0.25, 0.3) is 0 Å². The van der Waals surface area contributed by atoms with Crippen LogP contribution in [0, 0.1) is 17.1 Å². The van der Waals surface area contributed by atoms with E-state index >= 15 is 0 Å². The number of rotatable bonds is 4. The third-order valence-corrected chi connectivity index (χ3v) is 3.68. The van der Waals surface area contributed by atoms with Crippen molar-refractivity contribution in [1.82, 2.24) is 9.88 Å². The van der Waals surface area contributed by atoms with Crippen molar-refractivity contribution in [1.29, 1.82) is 5.26 Å². The molecule has 0 aliphatic rings. The topological polar surface area (TPSA) is 86.9 Å². The molecule has 10 heteroatoms. The van der Waals surface area contributed by atoms with E-state index in [0.29, 0.717) is 0 Å². The molecule has 6 nitrogen and oxygen atoms in total. The summed E-state index contributed by atoms with van der Waals surface area (Å²) in [6, 6.07) is 4.10. The smallest absolute Gasteiger partial charge is 0.346 e. The van der Waals surface area contributed by atoms with E-state index in [2.05, 4.69) is 5.32 Å². The van der Waals surface area contributed by atoms with Crippen molar-refractivity contribution in [2.45, 2.75) is 19.1 Å². The Kier molecular flexibility index (Phi) is 5.54. The molecule has 2 rings (SSSR count). The lowest BCUT2D eigenvalue weighted by molar-refractivity contribution is -0.149. The van der Waals surface area contributed by atoms with Crippen molar-refractivity contribution >= 4 is 17.5 Å². The van der Waals surface area contributed by atoms with E-state index in [4.69, 9.17) is 5.26 Å². The third-order valence-electron chi connectivity index (χ3n) is 3.68. The SMILES string of the molecule is C[C@@H](NC(=O)c1cc(C(=O)Nc2ccc(F)c(C#N)c2)n(C)c1)C(F)(F)F. The van der Waals surface area contributed by atoms with Crippen molar-refractivity contribution in [3.63, 3.8) is 0 Å². The number of carbonyl (C=O) groups is 2. The standard InChI is InChI=1S/C17H14F4N4O2/c1-9(17(19,20)21)23-15(26)11-6-14(25(2)8-11)16(27)24-12-3-4-13(18)10(5-12)7-22/h3-6,8-9H,1-2H3,(H,23,26)(H,24,27)/t9-/m1/s1. The van der Waals surface area contributed by atoms with E-state index in [-0.39, 0.29) is 22.5 Å². The number of benzene rings is 1. The molecule has 1 aromatic heterocycles. The van der Waals surface area contributed by atoms with Crippen LogP contribution in [0.1, 0.15) is 33.3 Å². The summed E-state index contributed by atoms with van der Waals surface area (Å²) < 4.78 is 52.2. The van der Waals surface area contributed by atoms with Gasteiger partial charge in [0.2, 0.25) is 0 Å². The number of nitriles is 1. The minimum Gasteiger partial charge on any atom is -0.346 e. The maximum absolute atomic E-state index is 13.3. The third kappa shape index (κ3) is 4.63. The quantitative estimate of drug-likeness (QED) is 0.797. The number of alkyl halides is 3. The molecule has 0 aliphatic heterocycles. The van der Waals surface area contributed by atoms with Gasteiger partial charge in [-0.25, -0.2) is 4.39 Å². The predicted octanol–water partition coefficient (Wildman–Crippen LogP) is 2.97. The highest BCUT2D eigenvalue weighted by Crippen LogP contribution is 2.20. The van der Waals surface area contributed by atoms with Crippen LogP contribution in [-0.2, 0) is 7.05 Å². The zero-order valence-electron chi connectivity index (χ0n) is 14.2. The van der Waals surface area contributed by atoms with Gasteiger partial charge in [0, 0.05) is 18.9 Å². The first kappa shape index (κ1) is 20.0. The molecule has 142 valence electrons. The average Bonchev–Trinajstić information content (AvgIpc) is 2.97. The van der Waals surface area contributed by atoms with Gasteiger partial charge in [-0.15, -0.1) is 0 Å². The summed E-state index contributed by atoms with van der Waals surface area (Å²) in [7, 11) is 1.43. The molecule has 0 saturated carbocycles. The molecule has 2 aromatic rings. The molecule has 0 radical (unpaired) electrons. The summed E-state index contributed by atoms with van der Waals surface area (Å²) in [5.41, 5.74) is -0.255. The first-order chi connectivity index (χ1) is 12.5. The maximum Gasteiger partial charge on any atom is 0.408 e. The number of amides is 2. The predicted molar refractivity (Wildman–Crippen MR) is 87.5 cm³/mol. The van der Waals surface area contributed by atoms with Crippen molar-refractivity contribution in [2.24, 2.45) is 7.05 Å². The number of halogens is 4. The summed E-state index contributed by atoms with van der Waals surface area (Å²) in [6.45, 7) is 0.801. The van der Waals surface area contributed by atoms with Crippen LogP contribution in [0.15, 0.2) is 30.5 Å². The van der Waals surface area contributed by atoms with E-state index in [9.17, 15) is 27.2 Å². The largest absolute Gasteiger partial charge is 0.408 e. The summed E-state index contributed by atoms with van der Waals surface area (Å²) >= 11 is 0. The number of aryl methyl sites for hydroxylation is 1. The van der Waals surface area contributed by atoms with Crippen LogP contribution in [-0.4, -0.2) is 28.6 Å². The number of anilines is 1. The van der Waals surface area contributed by atoms with Gasteiger partial charge in [0.25, 0.3) is 11.8 Å². The Labute approximate surface area is 151 Å². The minimum absolute atomic E-state index is 0.0114. The van der Waals surface area contributed by atoms with Crippen LogP contribution in [0.5, 0.6) is 0 Å². The molecule has 2 N–H and O–H groups in total. The zero-order valence-corrected chi connectivity index (χ0v) is 14.2. The molecule has 2 amide bonds. The molecular formula is C17H14F4N4O2. The molecule has 1 aromatic carbocycles. The second-order valence-electron chi connectivity index (χ2n) is 5.72. The summed E-state index contributed by atoms with van der Waals surface area (Å²) in [5, 5.41) is 13.0. The van der Waals surface area contributed by atoms with Crippen LogP contribution in [0.2, 0.25) is 0 Å². The fraction of sp³-hybridized carbons (Fsp3) is 0.235. The first-order valence-electron chi connectivity index (χ1n) is 7.58. The fourth-order valence-corrected chi connectivity index (χ4v) is 2.16. The highest BCUT2D eigenvalue weighted by Gasteiger charge is 2.37. The molecule has 1 atom stereocenters. The average molecular weight is 382 g/mol. The van der Waals surface area contributed by atoms with Crippen molar-refractivity contribution in [3.05, 3.63) is 53.1 Å². The monoisotopic (exact) mass is 382 g/mol.